The average Bonchev–Trinajstić information content (AvgIpc) is 3.25. The summed E-state index contributed by atoms with van der Waals surface area (Å²) in [4.78, 5) is 16.3. The topological polar surface area (TPSA) is 92.9 Å². The third-order valence-corrected chi connectivity index (χ3v) is 4.22. The Balaban J connectivity index is 1.51. The first-order valence-corrected chi connectivity index (χ1v) is 8.96. The van der Waals surface area contributed by atoms with Crippen LogP contribution in [0.5, 0.6) is 17.2 Å². The van der Waals surface area contributed by atoms with Crippen LogP contribution in [-0.2, 0) is 22.6 Å². The number of rotatable bonds is 9. The van der Waals surface area contributed by atoms with Gasteiger partial charge in [-0.25, -0.2) is 0 Å². The van der Waals surface area contributed by atoms with Gasteiger partial charge in [-0.2, -0.15) is 4.98 Å². The summed E-state index contributed by atoms with van der Waals surface area (Å²) >= 11 is 0. The lowest BCUT2D eigenvalue weighted by molar-refractivity contribution is -0.145. The lowest BCUT2D eigenvalue weighted by atomic mass is 10.1. The van der Waals surface area contributed by atoms with Gasteiger partial charge >= 0.3 is 5.97 Å². The van der Waals surface area contributed by atoms with Crippen LogP contribution in [0.4, 0.5) is 0 Å². The van der Waals surface area contributed by atoms with Crippen molar-refractivity contribution in [2.75, 3.05) is 21.3 Å². The third-order valence-electron chi connectivity index (χ3n) is 4.22. The molecule has 3 rings (SSSR count). The number of benzene rings is 2. The lowest BCUT2D eigenvalue weighted by Gasteiger charge is -2.09. The number of carbonyl (C=O) groups is 1. The fourth-order valence-corrected chi connectivity index (χ4v) is 2.69. The molecular formula is C21H22N2O6. The fourth-order valence-electron chi connectivity index (χ4n) is 2.69. The van der Waals surface area contributed by atoms with Crippen LogP contribution in [0.1, 0.15) is 17.9 Å². The maximum absolute atomic E-state index is 12.0. The van der Waals surface area contributed by atoms with Crippen molar-refractivity contribution in [3.05, 3.63) is 53.9 Å². The highest BCUT2D eigenvalue weighted by Crippen LogP contribution is 2.28. The second-order valence-corrected chi connectivity index (χ2v) is 6.09. The Morgan fingerprint density at radius 3 is 2.59 bits per heavy atom. The molecule has 1 heterocycles. The van der Waals surface area contributed by atoms with Crippen molar-refractivity contribution in [1.82, 2.24) is 10.1 Å². The van der Waals surface area contributed by atoms with Crippen LogP contribution in [0.25, 0.3) is 11.4 Å². The Morgan fingerprint density at radius 1 is 1.00 bits per heavy atom. The standard InChI is InChI=1S/C21H22N2O6/c1-25-16-6-4-5-15(12-16)21-22-19(29-23-21)13-28-20(24)10-8-14-7-9-17(26-2)18(11-14)27-3/h4-7,9,11-12H,8,10,13H2,1-3H3. The minimum atomic E-state index is -0.360. The van der Waals surface area contributed by atoms with Crippen LogP contribution in [-0.4, -0.2) is 37.4 Å². The molecule has 0 unspecified atom stereocenters. The Kier molecular flexibility index (Phi) is 6.67. The number of aromatic nitrogens is 2. The van der Waals surface area contributed by atoms with E-state index in [0.717, 1.165) is 11.1 Å². The van der Waals surface area contributed by atoms with Gasteiger partial charge in [-0.15, -0.1) is 0 Å². The first kappa shape index (κ1) is 20.2. The van der Waals surface area contributed by atoms with Crippen molar-refractivity contribution in [2.24, 2.45) is 0 Å². The number of esters is 1. The summed E-state index contributed by atoms with van der Waals surface area (Å²) in [6.45, 7) is -0.0816. The number of hydrogen-bond donors (Lipinski definition) is 0. The molecule has 0 spiro atoms. The highest BCUT2D eigenvalue weighted by Gasteiger charge is 2.12. The van der Waals surface area contributed by atoms with E-state index >= 15 is 0 Å². The molecule has 0 N–H and O–H groups in total. The number of nitrogens with zero attached hydrogens (tertiary/aromatic N) is 2. The average molecular weight is 398 g/mol. The van der Waals surface area contributed by atoms with Gasteiger partial charge in [0, 0.05) is 12.0 Å². The molecule has 0 radical (unpaired) electrons. The van der Waals surface area contributed by atoms with E-state index < -0.39 is 0 Å². The van der Waals surface area contributed by atoms with Crippen LogP contribution < -0.4 is 14.2 Å². The number of aryl methyl sites for hydroxylation is 1. The molecule has 2 aromatic carbocycles. The molecule has 29 heavy (non-hydrogen) atoms. The van der Waals surface area contributed by atoms with E-state index in [1.807, 2.05) is 30.3 Å². The van der Waals surface area contributed by atoms with Gasteiger partial charge in [0.05, 0.1) is 21.3 Å². The van der Waals surface area contributed by atoms with E-state index in [0.29, 0.717) is 29.5 Å². The van der Waals surface area contributed by atoms with Crippen molar-refractivity contribution >= 4 is 5.97 Å². The second kappa shape index (κ2) is 9.59. The van der Waals surface area contributed by atoms with Gasteiger partial charge in [0.15, 0.2) is 18.1 Å². The molecule has 152 valence electrons. The molecule has 0 saturated heterocycles. The molecule has 0 amide bonds. The molecule has 3 aromatic rings. The SMILES string of the molecule is COc1cccc(-c2noc(COC(=O)CCc3ccc(OC)c(OC)c3)n2)c1. The maximum Gasteiger partial charge on any atom is 0.306 e. The molecule has 0 aliphatic rings. The summed E-state index contributed by atoms with van der Waals surface area (Å²) in [6.07, 6.45) is 0.727. The molecule has 0 bridgehead atoms. The van der Waals surface area contributed by atoms with Crippen LogP contribution in [0, 0.1) is 0 Å². The predicted octanol–water partition coefficient (Wildman–Crippen LogP) is 3.44. The molecule has 0 saturated carbocycles. The fraction of sp³-hybridized carbons (Fsp3) is 0.286. The summed E-state index contributed by atoms with van der Waals surface area (Å²) in [7, 11) is 4.73. The Morgan fingerprint density at radius 2 is 1.83 bits per heavy atom. The van der Waals surface area contributed by atoms with Gasteiger partial charge < -0.3 is 23.5 Å². The van der Waals surface area contributed by atoms with E-state index in [1.54, 1.807) is 33.5 Å². The monoisotopic (exact) mass is 398 g/mol. The Bertz CT molecular complexity index is 969. The molecule has 1 aromatic heterocycles. The van der Waals surface area contributed by atoms with E-state index in [-0.39, 0.29) is 24.9 Å². The molecule has 8 nitrogen and oxygen atoms in total. The second-order valence-electron chi connectivity index (χ2n) is 6.09. The summed E-state index contributed by atoms with van der Waals surface area (Å²) in [5.41, 5.74) is 1.69. The minimum absolute atomic E-state index is 0.0816. The van der Waals surface area contributed by atoms with Gasteiger partial charge in [0.2, 0.25) is 5.82 Å². The third kappa shape index (κ3) is 5.25. The molecular weight excluding hydrogens is 376 g/mol. The van der Waals surface area contributed by atoms with Crippen molar-refractivity contribution < 1.29 is 28.3 Å². The van der Waals surface area contributed by atoms with E-state index in [4.69, 9.17) is 23.5 Å². The first-order valence-electron chi connectivity index (χ1n) is 8.96. The van der Waals surface area contributed by atoms with Crippen molar-refractivity contribution in [3.8, 4) is 28.6 Å². The predicted molar refractivity (Wildman–Crippen MR) is 104 cm³/mol. The van der Waals surface area contributed by atoms with Crippen LogP contribution in [0.3, 0.4) is 0 Å². The quantitative estimate of drug-likeness (QED) is 0.506. The highest BCUT2D eigenvalue weighted by atomic mass is 16.6. The van der Waals surface area contributed by atoms with Gasteiger partial charge in [0.25, 0.3) is 5.89 Å². The summed E-state index contributed by atoms with van der Waals surface area (Å²) in [5.74, 6) is 2.22. The Hall–Kier alpha value is -3.55. The summed E-state index contributed by atoms with van der Waals surface area (Å²) in [6, 6.07) is 12.8. The number of methoxy groups -OCH3 is 3. The summed E-state index contributed by atoms with van der Waals surface area (Å²) in [5, 5.41) is 3.91. The lowest BCUT2D eigenvalue weighted by Crippen LogP contribution is -2.06. The highest BCUT2D eigenvalue weighted by molar-refractivity contribution is 5.69. The Labute approximate surface area is 168 Å². The van der Waals surface area contributed by atoms with E-state index in [1.165, 1.54) is 0 Å². The van der Waals surface area contributed by atoms with Crippen molar-refractivity contribution in [1.29, 1.82) is 0 Å². The van der Waals surface area contributed by atoms with Crippen molar-refractivity contribution in [2.45, 2.75) is 19.4 Å². The van der Waals surface area contributed by atoms with Gasteiger partial charge in [-0.3, -0.25) is 4.79 Å². The number of carbonyl (C=O) groups excluding carboxylic acids is 1. The first-order chi connectivity index (χ1) is 14.1. The zero-order valence-electron chi connectivity index (χ0n) is 16.5. The molecule has 0 fully saturated rings. The van der Waals surface area contributed by atoms with Gasteiger partial charge in [0.1, 0.15) is 5.75 Å². The molecule has 0 atom stereocenters. The summed E-state index contributed by atoms with van der Waals surface area (Å²) < 4.78 is 26.0. The maximum atomic E-state index is 12.0. The van der Waals surface area contributed by atoms with Crippen LogP contribution >= 0.6 is 0 Å². The van der Waals surface area contributed by atoms with Gasteiger partial charge in [-0.05, 0) is 36.2 Å². The van der Waals surface area contributed by atoms with Gasteiger partial charge in [-0.1, -0.05) is 23.4 Å². The largest absolute Gasteiger partial charge is 0.497 e. The zero-order chi connectivity index (χ0) is 20.6. The molecule has 8 heteroatoms. The van der Waals surface area contributed by atoms with Crippen LogP contribution in [0.15, 0.2) is 47.0 Å². The molecule has 0 aliphatic carbocycles. The number of ether oxygens (including phenoxy) is 4. The number of hydrogen-bond acceptors (Lipinski definition) is 8. The minimum Gasteiger partial charge on any atom is -0.497 e. The molecule has 0 aliphatic heterocycles. The smallest absolute Gasteiger partial charge is 0.306 e. The van der Waals surface area contributed by atoms with E-state index in [2.05, 4.69) is 10.1 Å². The van der Waals surface area contributed by atoms with Crippen LogP contribution in [0.2, 0.25) is 0 Å². The normalized spacial score (nSPS) is 10.4. The zero-order valence-corrected chi connectivity index (χ0v) is 16.5. The van der Waals surface area contributed by atoms with Crippen molar-refractivity contribution in [3.63, 3.8) is 0 Å². The van der Waals surface area contributed by atoms with E-state index in [9.17, 15) is 4.79 Å².